The highest BCUT2D eigenvalue weighted by Gasteiger charge is 2.02. The number of carboxylic acids is 1. The van der Waals surface area contributed by atoms with Gasteiger partial charge in [0.05, 0.1) is 0 Å². The molecular weight excluding hydrogens is 228 g/mol. The van der Waals surface area contributed by atoms with Crippen LogP contribution < -0.4 is 0 Å². The maximum atomic E-state index is 10.5. The van der Waals surface area contributed by atoms with E-state index in [0.717, 1.165) is 29.6 Å². The third-order valence-corrected chi connectivity index (χ3v) is 2.60. The quantitative estimate of drug-likeness (QED) is 0.838. The van der Waals surface area contributed by atoms with E-state index in [1.54, 1.807) is 12.3 Å². The third-order valence-electron chi connectivity index (χ3n) is 2.60. The first-order valence-corrected chi connectivity index (χ1v) is 5.74. The van der Waals surface area contributed by atoms with E-state index >= 15 is 0 Å². The fourth-order valence-corrected chi connectivity index (χ4v) is 1.78. The van der Waals surface area contributed by atoms with Crippen LogP contribution in [0.5, 0.6) is 0 Å². The summed E-state index contributed by atoms with van der Waals surface area (Å²) in [6.07, 6.45) is 7.22. The van der Waals surface area contributed by atoms with Crippen molar-refractivity contribution in [2.24, 2.45) is 0 Å². The fraction of sp³-hybridized carbons (Fsp3) is 0.143. The van der Waals surface area contributed by atoms with Crippen LogP contribution in [0, 0.1) is 0 Å². The van der Waals surface area contributed by atoms with Gasteiger partial charge < -0.3 is 9.67 Å². The molecule has 0 saturated heterocycles. The van der Waals surface area contributed by atoms with Gasteiger partial charge in [0.25, 0.3) is 0 Å². The number of aliphatic carboxylic acids is 1. The first kappa shape index (κ1) is 12.1. The number of nitrogens with zero attached hydrogens (tertiary/aromatic N) is 2. The van der Waals surface area contributed by atoms with Crippen LogP contribution in [0.25, 0.3) is 11.8 Å². The average Bonchev–Trinajstić information content (AvgIpc) is 2.85. The van der Waals surface area contributed by atoms with Crippen LogP contribution >= 0.6 is 0 Å². The predicted octanol–water partition coefficient (Wildman–Crippen LogP) is 2.53. The van der Waals surface area contributed by atoms with Crippen LogP contribution in [0.3, 0.4) is 0 Å². The lowest BCUT2D eigenvalue weighted by Crippen LogP contribution is -1.99. The summed E-state index contributed by atoms with van der Waals surface area (Å²) in [5, 5.41) is 8.61. The minimum Gasteiger partial charge on any atom is -0.478 e. The Hall–Kier alpha value is -2.36. The summed E-state index contributed by atoms with van der Waals surface area (Å²) in [6.45, 7) is 2.05. The summed E-state index contributed by atoms with van der Waals surface area (Å²) in [5.74, 6) is 0.0339. The summed E-state index contributed by atoms with van der Waals surface area (Å²) < 4.78 is 2.00. The molecule has 2 aromatic rings. The molecule has 1 N–H and O–H groups in total. The molecule has 0 bridgehead atoms. The molecule has 0 aliphatic carbocycles. The monoisotopic (exact) mass is 242 g/mol. The summed E-state index contributed by atoms with van der Waals surface area (Å²) in [6, 6.07) is 7.67. The molecule has 0 unspecified atom stereocenters. The minimum atomic E-state index is -0.947. The van der Waals surface area contributed by atoms with Gasteiger partial charge in [-0.2, -0.15) is 0 Å². The Bertz CT molecular complexity index is 585. The Morgan fingerprint density at radius 2 is 2.33 bits per heavy atom. The van der Waals surface area contributed by atoms with Gasteiger partial charge in [0.1, 0.15) is 5.82 Å². The highest BCUT2D eigenvalue weighted by Crippen LogP contribution is 2.14. The standard InChI is InChI=1S/C14H14N2O2/c1-2-13-15-8-9-16(13)12-5-3-4-11(10-12)6-7-14(17)18/h3-10H,2H2,1H3,(H,17,18). The van der Waals surface area contributed by atoms with E-state index in [-0.39, 0.29) is 0 Å². The molecular formula is C14H14N2O2. The van der Waals surface area contributed by atoms with Crippen LogP contribution in [-0.4, -0.2) is 20.6 Å². The van der Waals surface area contributed by atoms with E-state index in [9.17, 15) is 4.79 Å². The zero-order valence-electron chi connectivity index (χ0n) is 10.1. The van der Waals surface area contributed by atoms with Gasteiger partial charge in [0.2, 0.25) is 0 Å². The molecule has 0 saturated carbocycles. The Morgan fingerprint density at radius 1 is 1.50 bits per heavy atom. The lowest BCUT2D eigenvalue weighted by molar-refractivity contribution is -0.131. The number of aryl methyl sites for hydroxylation is 1. The molecule has 1 aromatic heterocycles. The van der Waals surface area contributed by atoms with Gasteiger partial charge in [-0.05, 0) is 23.8 Å². The molecule has 0 fully saturated rings. The number of carboxylic acid groups (broad SMARTS) is 1. The number of aromatic nitrogens is 2. The molecule has 0 aliphatic heterocycles. The molecule has 92 valence electrons. The Morgan fingerprint density at radius 3 is 3.06 bits per heavy atom. The largest absolute Gasteiger partial charge is 0.478 e. The molecule has 0 aliphatic rings. The molecule has 1 heterocycles. The Balaban J connectivity index is 2.35. The molecule has 4 heteroatoms. The number of hydrogen-bond donors (Lipinski definition) is 1. The molecule has 18 heavy (non-hydrogen) atoms. The fourth-order valence-electron chi connectivity index (χ4n) is 1.78. The van der Waals surface area contributed by atoms with Crippen molar-refractivity contribution < 1.29 is 9.90 Å². The van der Waals surface area contributed by atoms with Gasteiger partial charge in [0, 0.05) is 30.6 Å². The zero-order valence-corrected chi connectivity index (χ0v) is 10.1. The smallest absolute Gasteiger partial charge is 0.328 e. The first-order chi connectivity index (χ1) is 8.70. The number of benzene rings is 1. The van der Waals surface area contributed by atoms with E-state index < -0.39 is 5.97 Å². The molecule has 2 rings (SSSR count). The zero-order chi connectivity index (χ0) is 13.0. The van der Waals surface area contributed by atoms with Crippen LogP contribution in [0.1, 0.15) is 18.3 Å². The lowest BCUT2D eigenvalue weighted by atomic mass is 10.2. The maximum Gasteiger partial charge on any atom is 0.328 e. The van der Waals surface area contributed by atoms with Crippen LogP contribution in [0.15, 0.2) is 42.7 Å². The van der Waals surface area contributed by atoms with Crippen molar-refractivity contribution in [2.45, 2.75) is 13.3 Å². The summed E-state index contributed by atoms with van der Waals surface area (Å²) in [4.78, 5) is 14.8. The summed E-state index contributed by atoms with van der Waals surface area (Å²) in [5.41, 5.74) is 1.84. The lowest BCUT2D eigenvalue weighted by Gasteiger charge is -2.07. The van der Waals surface area contributed by atoms with Crippen LogP contribution in [0.4, 0.5) is 0 Å². The van der Waals surface area contributed by atoms with Crippen molar-refractivity contribution in [3.8, 4) is 5.69 Å². The number of hydrogen-bond acceptors (Lipinski definition) is 2. The highest BCUT2D eigenvalue weighted by atomic mass is 16.4. The second-order valence-corrected chi connectivity index (χ2v) is 3.83. The molecule has 0 amide bonds. The second kappa shape index (κ2) is 5.31. The normalized spacial score (nSPS) is 10.9. The van der Waals surface area contributed by atoms with Gasteiger partial charge in [-0.15, -0.1) is 0 Å². The van der Waals surface area contributed by atoms with Crippen molar-refractivity contribution >= 4 is 12.0 Å². The number of imidazole rings is 1. The van der Waals surface area contributed by atoms with E-state index in [1.807, 2.05) is 42.0 Å². The van der Waals surface area contributed by atoms with Crippen LogP contribution in [-0.2, 0) is 11.2 Å². The Labute approximate surface area is 105 Å². The number of rotatable bonds is 4. The molecule has 0 atom stereocenters. The Kier molecular flexibility index (Phi) is 3.57. The van der Waals surface area contributed by atoms with E-state index in [4.69, 9.17) is 5.11 Å². The van der Waals surface area contributed by atoms with Gasteiger partial charge >= 0.3 is 5.97 Å². The van der Waals surface area contributed by atoms with Gasteiger partial charge in [0.15, 0.2) is 0 Å². The van der Waals surface area contributed by atoms with Crippen molar-refractivity contribution in [1.82, 2.24) is 9.55 Å². The maximum absolute atomic E-state index is 10.5. The van der Waals surface area contributed by atoms with Crippen molar-refractivity contribution in [2.75, 3.05) is 0 Å². The second-order valence-electron chi connectivity index (χ2n) is 3.83. The van der Waals surface area contributed by atoms with Gasteiger partial charge in [-0.3, -0.25) is 0 Å². The molecule has 4 nitrogen and oxygen atoms in total. The summed E-state index contributed by atoms with van der Waals surface area (Å²) in [7, 11) is 0. The SMILES string of the molecule is CCc1nccn1-c1cccc(C=CC(=O)O)c1. The highest BCUT2D eigenvalue weighted by molar-refractivity contribution is 5.85. The van der Waals surface area contributed by atoms with Gasteiger partial charge in [-0.1, -0.05) is 19.1 Å². The number of carbonyl (C=O) groups is 1. The van der Waals surface area contributed by atoms with E-state index in [1.165, 1.54) is 0 Å². The average molecular weight is 242 g/mol. The van der Waals surface area contributed by atoms with E-state index in [2.05, 4.69) is 4.98 Å². The molecule has 1 aromatic carbocycles. The van der Waals surface area contributed by atoms with Gasteiger partial charge in [-0.25, -0.2) is 9.78 Å². The topological polar surface area (TPSA) is 55.1 Å². The van der Waals surface area contributed by atoms with Crippen molar-refractivity contribution in [3.63, 3.8) is 0 Å². The van der Waals surface area contributed by atoms with Crippen molar-refractivity contribution in [1.29, 1.82) is 0 Å². The van der Waals surface area contributed by atoms with Crippen LogP contribution in [0.2, 0.25) is 0 Å². The van der Waals surface area contributed by atoms with Crippen molar-refractivity contribution in [3.05, 3.63) is 54.1 Å². The summed E-state index contributed by atoms with van der Waals surface area (Å²) >= 11 is 0. The van der Waals surface area contributed by atoms with E-state index in [0.29, 0.717) is 0 Å². The minimum absolute atomic E-state index is 0.849. The molecule has 0 radical (unpaired) electrons. The molecule has 0 spiro atoms. The first-order valence-electron chi connectivity index (χ1n) is 5.74. The third kappa shape index (κ3) is 2.66. The predicted molar refractivity (Wildman–Crippen MR) is 69.6 cm³/mol.